The lowest BCUT2D eigenvalue weighted by atomic mass is 9.94. The van der Waals surface area contributed by atoms with Crippen LogP contribution >= 0.6 is 11.6 Å². The van der Waals surface area contributed by atoms with Crippen LogP contribution in [0.2, 0.25) is 5.02 Å². The van der Waals surface area contributed by atoms with Gasteiger partial charge in [0, 0.05) is 40.3 Å². The normalized spacial score (nSPS) is 15.0. The maximum absolute atomic E-state index is 11.8. The summed E-state index contributed by atoms with van der Waals surface area (Å²) in [6.45, 7) is 4.14. The first-order valence-electron chi connectivity index (χ1n) is 8.10. The van der Waals surface area contributed by atoms with Crippen LogP contribution in [0.5, 0.6) is 0 Å². The van der Waals surface area contributed by atoms with Crippen LogP contribution in [0.25, 0.3) is 10.9 Å². The molecule has 2 aromatic carbocycles. The van der Waals surface area contributed by atoms with Gasteiger partial charge in [0.25, 0.3) is 5.91 Å². The van der Waals surface area contributed by atoms with E-state index in [1.807, 2.05) is 36.4 Å². The van der Waals surface area contributed by atoms with Gasteiger partial charge in [-0.2, -0.15) is 0 Å². The molecule has 0 spiro atoms. The van der Waals surface area contributed by atoms with Crippen molar-refractivity contribution in [2.45, 2.75) is 5.92 Å². The number of benzene rings is 2. The van der Waals surface area contributed by atoms with E-state index in [-0.39, 0.29) is 11.8 Å². The van der Waals surface area contributed by atoms with E-state index in [1.54, 1.807) is 6.33 Å². The van der Waals surface area contributed by atoms with Gasteiger partial charge < -0.3 is 10.6 Å². The van der Waals surface area contributed by atoms with Crippen LogP contribution in [-0.2, 0) is 4.79 Å². The van der Waals surface area contributed by atoms with Crippen molar-refractivity contribution < 1.29 is 4.79 Å². The van der Waals surface area contributed by atoms with Gasteiger partial charge in [-0.1, -0.05) is 24.2 Å². The Bertz CT molecular complexity index is 1070. The van der Waals surface area contributed by atoms with Crippen molar-refractivity contribution in [1.82, 2.24) is 9.97 Å². The molecular weight excluding hydrogens is 348 g/mol. The van der Waals surface area contributed by atoms with Crippen molar-refractivity contribution in [3.63, 3.8) is 0 Å². The Morgan fingerprint density at radius 3 is 3.04 bits per heavy atom. The van der Waals surface area contributed by atoms with Crippen LogP contribution in [0.4, 0.5) is 11.4 Å². The topological polar surface area (TPSA) is 66.9 Å². The number of rotatable bonds is 3. The van der Waals surface area contributed by atoms with E-state index >= 15 is 0 Å². The molecule has 1 aliphatic rings. The number of hydrogen-bond acceptors (Lipinski definition) is 4. The first-order valence-corrected chi connectivity index (χ1v) is 8.48. The highest BCUT2D eigenvalue weighted by Gasteiger charge is 2.26. The van der Waals surface area contributed by atoms with Gasteiger partial charge in [-0.25, -0.2) is 9.97 Å². The molecule has 0 radical (unpaired) electrons. The smallest absolute Gasteiger partial charge is 0.256 e. The van der Waals surface area contributed by atoms with Gasteiger partial charge in [-0.3, -0.25) is 4.79 Å². The standard InChI is InChI=1S/C20H15ClN4O/c1-2-3-19(26)25-13-5-7-17-15(9-13)20(24-11-23-17)16-10-22-18-8-12(21)4-6-14(16)18/h3-9,11,16,22H,1,10H2,(H,25,26). The number of fused-ring (bicyclic) bond motifs is 2. The highest BCUT2D eigenvalue weighted by atomic mass is 35.5. The minimum Gasteiger partial charge on any atom is -0.384 e. The molecule has 0 fully saturated rings. The number of amides is 1. The van der Waals surface area contributed by atoms with Crippen molar-refractivity contribution in [3.05, 3.63) is 77.4 Å². The number of nitrogens with zero attached hydrogens (tertiary/aromatic N) is 2. The number of aromatic nitrogens is 2. The third kappa shape index (κ3) is 2.94. The van der Waals surface area contributed by atoms with E-state index in [4.69, 9.17) is 11.6 Å². The van der Waals surface area contributed by atoms with E-state index in [0.29, 0.717) is 10.7 Å². The zero-order chi connectivity index (χ0) is 18.1. The van der Waals surface area contributed by atoms with Gasteiger partial charge in [0.15, 0.2) is 0 Å². The van der Waals surface area contributed by atoms with Crippen molar-refractivity contribution in [2.75, 3.05) is 17.2 Å². The van der Waals surface area contributed by atoms with E-state index < -0.39 is 0 Å². The second kappa shape index (κ2) is 6.64. The lowest BCUT2D eigenvalue weighted by Crippen LogP contribution is -2.09. The molecule has 2 N–H and O–H groups in total. The third-order valence-electron chi connectivity index (χ3n) is 4.38. The fourth-order valence-electron chi connectivity index (χ4n) is 3.25. The molecule has 2 heterocycles. The minimum absolute atomic E-state index is 0.0896. The van der Waals surface area contributed by atoms with Gasteiger partial charge in [-0.15, -0.1) is 5.73 Å². The molecule has 1 amide bonds. The SMILES string of the molecule is C=C=CC(=O)Nc1ccc2ncnc(C3CNc4cc(Cl)ccc43)c2c1. The fraction of sp³-hybridized carbons (Fsp3) is 0.100. The lowest BCUT2D eigenvalue weighted by molar-refractivity contribution is -0.111. The largest absolute Gasteiger partial charge is 0.384 e. The first-order chi connectivity index (χ1) is 12.7. The summed E-state index contributed by atoms with van der Waals surface area (Å²) in [5.74, 6) is -0.188. The molecule has 3 aromatic rings. The zero-order valence-electron chi connectivity index (χ0n) is 13.8. The Balaban J connectivity index is 1.79. The van der Waals surface area contributed by atoms with Crippen molar-refractivity contribution in [1.29, 1.82) is 0 Å². The Hall–Kier alpha value is -3.14. The average Bonchev–Trinajstić information content (AvgIpc) is 3.04. The maximum Gasteiger partial charge on any atom is 0.256 e. The molecular formula is C20H15ClN4O. The molecule has 0 bridgehead atoms. The van der Waals surface area contributed by atoms with E-state index in [2.05, 4.69) is 32.9 Å². The van der Waals surface area contributed by atoms with Crippen LogP contribution in [0.15, 0.2) is 61.1 Å². The van der Waals surface area contributed by atoms with Gasteiger partial charge >= 0.3 is 0 Å². The Kier molecular flexibility index (Phi) is 4.17. The summed E-state index contributed by atoms with van der Waals surface area (Å²) in [6.07, 6.45) is 2.83. The molecule has 26 heavy (non-hydrogen) atoms. The van der Waals surface area contributed by atoms with Crippen molar-refractivity contribution >= 4 is 39.8 Å². The fourth-order valence-corrected chi connectivity index (χ4v) is 3.43. The zero-order valence-corrected chi connectivity index (χ0v) is 14.5. The summed E-state index contributed by atoms with van der Waals surface area (Å²) in [6, 6.07) is 11.4. The van der Waals surface area contributed by atoms with Crippen LogP contribution in [0.3, 0.4) is 0 Å². The number of nitrogens with one attached hydrogen (secondary N) is 2. The monoisotopic (exact) mass is 362 g/mol. The second-order valence-electron chi connectivity index (χ2n) is 5.99. The molecule has 1 aromatic heterocycles. The lowest BCUT2D eigenvalue weighted by Gasteiger charge is -2.13. The second-order valence-corrected chi connectivity index (χ2v) is 6.43. The molecule has 5 nitrogen and oxygen atoms in total. The van der Waals surface area contributed by atoms with Crippen LogP contribution < -0.4 is 10.6 Å². The summed E-state index contributed by atoms with van der Waals surface area (Å²) in [4.78, 5) is 20.6. The molecule has 1 unspecified atom stereocenters. The quantitative estimate of drug-likeness (QED) is 0.543. The van der Waals surface area contributed by atoms with Crippen LogP contribution in [0, 0.1) is 0 Å². The third-order valence-corrected chi connectivity index (χ3v) is 4.62. The van der Waals surface area contributed by atoms with E-state index in [0.717, 1.165) is 34.4 Å². The number of anilines is 2. The maximum atomic E-state index is 11.8. The number of carbonyl (C=O) groups excluding carboxylic acids is 1. The molecule has 0 aliphatic carbocycles. The van der Waals surface area contributed by atoms with Crippen molar-refractivity contribution in [3.8, 4) is 0 Å². The Morgan fingerprint density at radius 1 is 1.31 bits per heavy atom. The molecule has 1 aliphatic heterocycles. The molecule has 4 rings (SSSR count). The summed E-state index contributed by atoms with van der Waals surface area (Å²) in [5.41, 5.74) is 7.06. The van der Waals surface area contributed by atoms with Crippen LogP contribution in [-0.4, -0.2) is 22.4 Å². The Labute approximate surface area is 155 Å². The van der Waals surface area contributed by atoms with E-state index in [9.17, 15) is 4.79 Å². The first kappa shape index (κ1) is 16.3. The van der Waals surface area contributed by atoms with Crippen LogP contribution in [0.1, 0.15) is 17.2 Å². The van der Waals surface area contributed by atoms with Gasteiger partial charge in [0.2, 0.25) is 0 Å². The highest BCUT2D eigenvalue weighted by molar-refractivity contribution is 6.30. The summed E-state index contributed by atoms with van der Waals surface area (Å²) in [7, 11) is 0. The molecule has 6 heteroatoms. The predicted molar refractivity (Wildman–Crippen MR) is 104 cm³/mol. The predicted octanol–water partition coefficient (Wildman–Crippen LogP) is 4.12. The molecule has 0 saturated heterocycles. The Morgan fingerprint density at radius 2 is 2.19 bits per heavy atom. The van der Waals surface area contributed by atoms with Gasteiger partial charge in [0.05, 0.1) is 11.2 Å². The minimum atomic E-state index is -0.278. The summed E-state index contributed by atoms with van der Waals surface area (Å²) in [5, 5.41) is 7.78. The average molecular weight is 363 g/mol. The number of hydrogen-bond donors (Lipinski definition) is 2. The number of carbonyl (C=O) groups is 1. The highest BCUT2D eigenvalue weighted by Crippen LogP contribution is 2.39. The number of halogens is 1. The summed E-state index contributed by atoms with van der Waals surface area (Å²) >= 11 is 6.09. The van der Waals surface area contributed by atoms with Gasteiger partial charge in [0.1, 0.15) is 6.33 Å². The molecule has 0 saturated carbocycles. The van der Waals surface area contributed by atoms with Crippen molar-refractivity contribution in [2.24, 2.45) is 0 Å². The summed E-state index contributed by atoms with van der Waals surface area (Å²) < 4.78 is 0. The van der Waals surface area contributed by atoms with Gasteiger partial charge in [-0.05, 0) is 35.9 Å². The molecule has 128 valence electrons. The van der Waals surface area contributed by atoms with E-state index in [1.165, 1.54) is 6.08 Å². The molecule has 1 atom stereocenters.